The molecule has 0 aromatic heterocycles. The first-order chi connectivity index (χ1) is 7.70. The first-order valence-corrected chi connectivity index (χ1v) is 6.79. The van der Waals surface area contributed by atoms with Gasteiger partial charge in [0, 0.05) is 29.3 Å². The second-order valence-electron chi connectivity index (χ2n) is 4.45. The van der Waals surface area contributed by atoms with Crippen molar-refractivity contribution in [2.45, 2.75) is 32.2 Å². The van der Waals surface area contributed by atoms with Crippen LogP contribution in [0.4, 0.5) is 5.69 Å². The van der Waals surface area contributed by atoms with Gasteiger partial charge >= 0.3 is 0 Å². The number of hydrogen-bond donors (Lipinski definition) is 1. The van der Waals surface area contributed by atoms with Crippen molar-refractivity contribution in [3.8, 4) is 0 Å². The lowest BCUT2D eigenvalue weighted by molar-refractivity contribution is 0.500. The number of hydrogen-bond acceptors (Lipinski definition) is 2. The number of nitrogens with two attached hydrogens (primary N) is 1. The molecule has 0 saturated carbocycles. The van der Waals surface area contributed by atoms with Crippen molar-refractivity contribution in [2.75, 3.05) is 18.0 Å². The first kappa shape index (κ1) is 11.9. The van der Waals surface area contributed by atoms with E-state index >= 15 is 0 Å². The van der Waals surface area contributed by atoms with Crippen LogP contribution in [0.2, 0.25) is 0 Å². The fraction of sp³-hybridized carbons (Fsp3) is 0.538. The Bertz CT molecular complexity index is 357. The van der Waals surface area contributed by atoms with Crippen molar-refractivity contribution >= 4 is 21.6 Å². The quantitative estimate of drug-likeness (QED) is 0.904. The van der Waals surface area contributed by atoms with Gasteiger partial charge in [0.15, 0.2) is 0 Å². The van der Waals surface area contributed by atoms with Crippen LogP contribution in [0.1, 0.15) is 25.3 Å². The number of anilines is 1. The van der Waals surface area contributed by atoms with E-state index in [4.69, 9.17) is 5.73 Å². The molecule has 0 radical (unpaired) electrons. The lowest BCUT2D eigenvalue weighted by atomic mass is 10.0. The van der Waals surface area contributed by atoms with E-state index in [0.717, 1.165) is 32.4 Å². The molecule has 16 heavy (non-hydrogen) atoms. The zero-order valence-corrected chi connectivity index (χ0v) is 11.3. The summed E-state index contributed by atoms with van der Waals surface area (Å²) in [6, 6.07) is 6.98. The van der Waals surface area contributed by atoms with E-state index in [0.29, 0.717) is 6.04 Å². The number of benzene rings is 1. The van der Waals surface area contributed by atoms with Crippen LogP contribution >= 0.6 is 15.9 Å². The Balaban J connectivity index is 2.19. The number of rotatable bonds is 2. The van der Waals surface area contributed by atoms with Gasteiger partial charge < -0.3 is 10.6 Å². The summed E-state index contributed by atoms with van der Waals surface area (Å²) in [5, 5.41) is 0. The molecule has 3 heteroatoms. The van der Waals surface area contributed by atoms with Crippen LogP contribution in [-0.2, 0) is 6.42 Å². The van der Waals surface area contributed by atoms with E-state index in [9.17, 15) is 0 Å². The van der Waals surface area contributed by atoms with Crippen LogP contribution in [0.3, 0.4) is 0 Å². The lowest BCUT2D eigenvalue weighted by Crippen LogP contribution is -2.40. The number of aryl methyl sites for hydroxylation is 1. The SMILES string of the molecule is CCc1cc(Br)ccc1N1CCC(N)CC1. The Morgan fingerprint density at radius 3 is 2.69 bits per heavy atom. The maximum absolute atomic E-state index is 5.94. The molecule has 0 amide bonds. The van der Waals surface area contributed by atoms with E-state index in [1.165, 1.54) is 15.7 Å². The molecule has 0 unspecified atom stereocenters. The molecule has 88 valence electrons. The van der Waals surface area contributed by atoms with E-state index in [1.807, 2.05) is 0 Å². The Morgan fingerprint density at radius 1 is 1.38 bits per heavy atom. The van der Waals surface area contributed by atoms with E-state index in [-0.39, 0.29) is 0 Å². The second kappa shape index (κ2) is 5.19. The molecule has 1 saturated heterocycles. The Morgan fingerprint density at radius 2 is 2.06 bits per heavy atom. The van der Waals surface area contributed by atoms with Gasteiger partial charge in [-0.1, -0.05) is 22.9 Å². The van der Waals surface area contributed by atoms with Crippen LogP contribution in [-0.4, -0.2) is 19.1 Å². The zero-order chi connectivity index (χ0) is 11.5. The molecule has 2 rings (SSSR count). The number of nitrogens with zero attached hydrogens (tertiary/aromatic N) is 1. The van der Waals surface area contributed by atoms with Crippen LogP contribution in [0.25, 0.3) is 0 Å². The molecular formula is C13H19BrN2. The summed E-state index contributed by atoms with van der Waals surface area (Å²) in [6.07, 6.45) is 3.30. The third kappa shape index (κ3) is 2.58. The highest BCUT2D eigenvalue weighted by atomic mass is 79.9. The molecule has 1 fully saturated rings. The van der Waals surface area contributed by atoms with Crippen LogP contribution in [0.5, 0.6) is 0 Å². The third-order valence-electron chi connectivity index (χ3n) is 3.30. The van der Waals surface area contributed by atoms with Crippen molar-refractivity contribution in [1.82, 2.24) is 0 Å². The summed E-state index contributed by atoms with van der Waals surface area (Å²) >= 11 is 3.53. The summed E-state index contributed by atoms with van der Waals surface area (Å²) in [6.45, 7) is 4.40. The maximum Gasteiger partial charge on any atom is 0.0399 e. The summed E-state index contributed by atoms with van der Waals surface area (Å²) in [5.74, 6) is 0. The van der Waals surface area contributed by atoms with Gasteiger partial charge in [0.05, 0.1) is 0 Å². The highest BCUT2D eigenvalue weighted by Gasteiger charge is 2.17. The first-order valence-electron chi connectivity index (χ1n) is 5.99. The van der Waals surface area contributed by atoms with Gasteiger partial charge in [-0.05, 0) is 43.0 Å². The summed E-state index contributed by atoms with van der Waals surface area (Å²) in [4.78, 5) is 2.47. The lowest BCUT2D eigenvalue weighted by Gasteiger charge is -2.33. The largest absolute Gasteiger partial charge is 0.371 e. The summed E-state index contributed by atoms with van der Waals surface area (Å²) in [7, 11) is 0. The topological polar surface area (TPSA) is 29.3 Å². The van der Waals surface area contributed by atoms with E-state index in [1.54, 1.807) is 0 Å². The van der Waals surface area contributed by atoms with Gasteiger partial charge in [0.25, 0.3) is 0 Å². The average Bonchev–Trinajstić information content (AvgIpc) is 2.30. The fourth-order valence-corrected chi connectivity index (χ4v) is 2.69. The summed E-state index contributed by atoms with van der Waals surface area (Å²) < 4.78 is 1.17. The van der Waals surface area contributed by atoms with Gasteiger partial charge in [-0.2, -0.15) is 0 Å². The monoisotopic (exact) mass is 282 g/mol. The summed E-state index contributed by atoms with van der Waals surface area (Å²) in [5.41, 5.74) is 8.74. The Labute approximate surface area is 106 Å². The molecule has 1 aromatic carbocycles. The van der Waals surface area contributed by atoms with E-state index in [2.05, 4.69) is 46.0 Å². The fourth-order valence-electron chi connectivity index (χ4n) is 2.29. The smallest absolute Gasteiger partial charge is 0.0399 e. The standard InChI is InChI=1S/C13H19BrN2/c1-2-10-9-11(14)3-4-13(10)16-7-5-12(15)6-8-16/h3-4,9,12H,2,5-8,15H2,1H3. The molecule has 0 spiro atoms. The van der Waals surface area contributed by atoms with Crippen molar-refractivity contribution in [3.63, 3.8) is 0 Å². The molecular weight excluding hydrogens is 264 g/mol. The van der Waals surface area contributed by atoms with Crippen LogP contribution in [0, 0.1) is 0 Å². The number of halogens is 1. The highest BCUT2D eigenvalue weighted by Crippen LogP contribution is 2.27. The molecule has 1 aromatic rings. The average molecular weight is 283 g/mol. The van der Waals surface area contributed by atoms with Gasteiger partial charge in [-0.15, -0.1) is 0 Å². The molecule has 2 nitrogen and oxygen atoms in total. The van der Waals surface area contributed by atoms with Crippen molar-refractivity contribution in [2.24, 2.45) is 5.73 Å². The molecule has 2 N–H and O–H groups in total. The predicted molar refractivity (Wildman–Crippen MR) is 72.9 cm³/mol. The second-order valence-corrected chi connectivity index (χ2v) is 5.37. The highest BCUT2D eigenvalue weighted by molar-refractivity contribution is 9.10. The van der Waals surface area contributed by atoms with Gasteiger partial charge in [0.1, 0.15) is 0 Å². The van der Waals surface area contributed by atoms with Crippen LogP contribution in [0.15, 0.2) is 22.7 Å². The Hall–Kier alpha value is -0.540. The van der Waals surface area contributed by atoms with Crippen molar-refractivity contribution in [3.05, 3.63) is 28.2 Å². The molecule has 1 aliphatic rings. The Kier molecular flexibility index (Phi) is 3.87. The van der Waals surface area contributed by atoms with Crippen LogP contribution < -0.4 is 10.6 Å². The normalized spacial score (nSPS) is 17.8. The maximum atomic E-state index is 5.94. The van der Waals surface area contributed by atoms with Crippen molar-refractivity contribution in [1.29, 1.82) is 0 Å². The van der Waals surface area contributed by atoms with Crippen molar-refractivity contribution < 1.29 is 0 Å². The number of piperidine rings is 1. The molecule has 1 aliphatic heterocycles. The molecule has 0 aliphatic carbocycles. The minimum Gasteiger partial charge on any atom is -0.371 e. The molecule has 0 bridgehead atoms. The zero-order valence-electron chi connectivity index (χ0n) is 9.75. The third-order valence-corrected chi connectivity index (χ3v) is 3.80. The molecule has 1 heterocycles. The van der Waals surface area contributed by atoms with Gasteiger partial charge in [-0.3, -0.25) is 0 Å². The van der Waals surface area contributed by atoms with Gasteiger partial charge in [0.2, 0.25) is 0 Å². The predicted octanol–water partition coefficient (Wildman–Crippen LogP) is 2.94. The van der Waals surface area contributed by atoms with Gasteiger partial charge in [-0.25, -0.2) is 0 Å². The molecule has 0 atom stereocenters. The minimum atomic E-state index is 0.400. The van der Waals surface area contributed by atoms with E-state index < -0.39 is 0 Å². The minimum absolute atomic E-state index is 0.400.